The molecule has 0 aromatic carbocycles. The predicted octanol–water partition coefficient (Wildman–Crippen LogP) is 3.01. The molecule has 0 amide bonds. The van der Waals surface area contributed by atoms with E-state index in [0.717, 1.165) is 14.0 Å². The molecule has 0 bridgehead atoms. The van der Waals surface area contributed by atoms with Gasteiger partial charge in [-0.15, -0.1) is 0 Å². The van der Waals surface area contributed by atoms with Crippen molar-refractivity contribution in [1.82, 2.24) is 9.38 Å². The summed E-state index contributed by atoms with van der Waals surface area (Å²) in [5.41, 5.74) is 2.22. The molecule has 0 fully saturated rings. The summed E-state index contributed by atoms with van der Waals surface area (Å²) in [6.07, 6.45) is 2.03. The second-order valence-corrected chi connectivity index (χ2v) is 4.40. The summed E-state index contributed by atoms with van der Waals surface area (Å²) in [6, 6.07) is 4.14. The van der Waals surface area contributed by atoms with Gasteiger partial charge in [0.1, 0.15) is 14.0 Å². The van der Waals surface area contributed by atoms with Crippen molar-refractivity contribution in [1.29, 1.82) is 0 Å². The van der Waals surface area contributed by atoms with Crippen LogP contribution in [0.2, 0.25) is 0 Å². The zero-order valence-electron chi connectivity index (χ0n) is 6.38. The second kappa shape index (κ2) is 2.99. The minimum Gasteiger partial charge on any atom is -0.294 e. The summed E-state index contributed by atoms with van der Waals surface area (Å²) in [5.74, 6) is 0. The molecule has 2 nitrogen and oxygen atoms in total. The van der Waals surface area contributed by atoms with Gasteiger partial charge in [-0.3, -0.25) is 4.40 Å². The van der Waals surface area contributed by atoms with E-state index in [1.165, 1.54) is 5.56 Å². The van der Waals surface area contributed by atoms with Crippen LogP contribution in [-0.4, -0.2) is 9.38 Å². The summed E-state index contributed by atoms with van der Waals surface area (Å²) in [7, 11) is 0. The highest BCUT2D eigenvalue weighted by Crippen LogP contribution is 2.20. The molecule has 0 atom stereocenters. The molecule has 0 N–H and O–H groups in total. The van der Waals surface area contributed by atoms with Gasteiger partial charge in [0.25, 0.3) is 0 Å². The third kappa shape index (κ3) is 1.26. The minimum absolute atomic E-state index is 0.911. The van der Waals surface area contributed by atoms with Gasteiger partial charge in [-0.1, -0.05) is 0 Å². The number of rotatable bonds is 0. The number of pyridine rings is 1. The quantitative estimate of drug-likeness (QED) is 0.676. The van der Waals surface area contributed by atoms with Crippen LogP contribution in [0.1, 0.15) is 5.56 Å². The lowest BCUT2D eigenvalue weighted by atomic mass is 10.3. The van der Waals surface area contributed by atoms with Gasteiger partial charge < -0.3 is 0 Å². The van der Waals surface area contributed by atoms with Gasteiger partial charge in [0.05, 0.1) is 0 Å². The highest BCUT2D eigenvalue weighted by molar-refractivity contribution is 14.1. The summed E-state index contributed by atoms with van der Waals surface area (Å²) in [5, 5.41) is 0. The average Bonchev–Trinajstić information content (AvgIpc) is 2.28. The predicted molar refractivity (Wildman–Crippen MR) is 60.3 cm³/mol. The van der Waals surface area contributed by atoms with Crippen molar-refractivity contribution < 1.29 is 0 Å². The van der Waals surface area contributed by atoms with Crippen LogP contribution in [0.4, 0.5) is 0 Å². The van der Waals surface area contributed by atoms with Crippen LogP contribution in [0.15, 0.2) is 22.9 Å². The van der Waals surface area contributed by atoms with Crippen molar-refractivity contribution >= 4 is 44.2 Å². The van der Waals surface area contributed by atoms with Crippen LogP contribution in [0.25, 0.3) is 5.65 Å². The molecule has 0 spiro atoms. The number of halogens is 2. The van der Waals surface area contributed by atoms with Crippen LogP contribution in [0.5, 0.6) is 0 Å². The highest BCUT2D eigenvalue weighted by atomic mass is 127. The third-order valence-electron chi connectivity index (χ3n) is 1.68. The number of hydrogen-bond donors (Lipinski definition) is 0. The zero-order chi connectivity index (χ0) is 8.72. The Kier molecular flexibility index (Phi) is 2.12. The van der Waals surface area contributed by atoms with Gasteiger partial charge in [-0.2, -0.15) is 0 Å². The summed E-state index contributed by atoms with van der Waals surface area (Å²) in [6.45, 7) is 2.06. The van der Waals surface area contributed by atoms with E-state index >= 15 is 0 Å². The maximum Gasteiger partial charge on any atom is 0.139 e. The maximum absolute atomic E-state index is 4.35. The van der Waals surface area contributed by atoms with Crippen molar-refractivity contribution in [3.05, 3.63) is 32.2 Å². The minimum atomic E-state index is 0.911. The van der Waals surface area contributed by atoms with E-state index < -0.39 is 0 Å². The normalized spacial score (nSPS) is 10.9. The molecule has 0 aliphatic heterocycles. The Balaban J connectivity index is 2.87. The summed E-state index contributed by atoms with van der Waals surface area (Å²) in [4.78, 5) is 4.35. The Morgan fingerprint density at radius 1 is 1.58 bits per heavy atom. The Hall–Kier alpha value is -0.100. The fourth-order valence-corrected chi connectivity index (χ4v) is 1.99. The van der Waals surface area contributed by atoms with E-state index in [2.05, 4.69) is 67.0 Å². The third-order valence-corrected chi connectivity index (χ3v) is 4.01. The summed E-state index contributed by atoms with van der Waals surface area (Å²) < 4.78 is 4.08. The molecule has 0 saturated carbocycles. The molecule has 4 heteroatoms. The fourth-order valence-electron chi connectivity index (χ4n) is 1.09. The zero-order valence-corrected chi connectivity index (χ0v) is 10.1. The molecule has 0 aliphatic carbocycles. The Morgan fingerprint density at radius 2 is 2.33 bits per heavy atom. The van der Waals surface area contributed by atoms with Crippen LogP contribution in [0.3, 0.4) is 0 Å². The number of aryl methyl sites for hydroxylation is 1. The molecule has 2 rings (SSSR count). The van der Waals surface area contributed by atoms with Crippen molar-refractivity contribution in [3.63, 3.8) is 0 Å². The molecule has 0 saturated heterocycles. The SMILES string of the molecule is Cc1ccn2c(I)c(Br)nc2c1. The van der Waals surface area contributed by atoms with Crippen LogP contribution < -0.4 is 0 Å². The van der Waals surface area contributed by atoms with E-state index in [1.807, 2.05) is 6.20 Å². The van der Waals surface area contributed by atoms with Crippen LogP contribution in [0, 0.1) is 10.6 Å². The lowest BCUT2D eigenvalue weighted by Crippen LogP contribution is -1.86. The first-order valence-corrected chi connectivity index (χ1v) is 5.35. The molecular formula is C8H6BrIN2. The Labute approximate surface area is 92.3 Å². The van der Waals surface area contributed by atoms with E-state index in [1.54, 1.807) is 0 Å². The number of imidazole rings is 1. The lowest BCUT2D eigenvalue weighted by Gasteiger charge is -1.95. The van der Waals surface area contributed by atoms with Crippen LogP contribution >= 0.6 is 38.5 Å². The number of hydrogen-bond acceptors (Lipinski definition) is 1. The van der Waals surface area contributed by atoms with E-state index in [4.69, 9.17) is 0 Å². The first-order valence-electron chi connectivity index (χ1n) is 3.48. The molecule has 12 heavy (non-hydrogen) atoms. The molecule has 0 aliphatic rings. The topological polar surface area (TPSA) is 17.3 Å². The molecule has 0 unspecified atom stereocenters. The fraction of sp³-hybridized carbons (Fsp3) is 0.125. The number of aromatic nitrogens is 2. The first kappa shape index (κ1) is 8.50. The largest absolute Gasteiger partial charge is 0.294 e. The van der Waals surface area contributed by atoms with Gasteiger partial charge in [0.15, 0.2) is 0 Å². The number of fused-ring (bicyclic) bond motifs is 1. The molecule has 2 aromatic heterocycles. The van der Waals surface area contributed by atoms with Crippen molar-refractivity contribution in [3.8, 4) is 0 Å². The van der Waals surface area contributed by atoms with E-state index in [0.29, 0.717) is 0 Å². The average molecular weight is 337 g/mol. The van der Waals surface area contributed by atoms with Gasteiger partial charge in [0.2, 0.25) is 0 Å². The standard InChI is InChI=1S/C8H6BrIN2/c1-5-2-3-12-6(4-5)11-7(9)8(12)10/h2-4H,1H3. The van der Waals surface area contributed by atoms with Crippen molar-refractivity contribution in [2.24, 2.45) is 0 Å². The summed E-state index contributed by atoms with van der Waals surface area (Å²) >= 11 is 5.66. The molecule has 0 radical (unpaired) electrons. The van der Waals surface area contributed by atoms with E-state index in [-0.39, 0.29) is 0 Å². The highest BCUT2D eigenvalue weighted by Gasteiger charge is 2.05. The Morgan fingerprint density at radius 3 is 3.08 bits per heavy atom. The molecular weight excluding hydrogens is 331 g/mol. The first-order chi connectivity index (χ1) is 5.68. The second-order valence-electron chi connectivity index (χ2n) is 2.63. The van der Waals surface area contributed by atoms with Gasteiger partial charge in [-0.25, -0.2) is 4.98 Å². The lowest BCUT2D eigenvalue weighted by molar-refractivity contribution is 1.14. The van der Waals surface area contributed by atoms with Gasteiger partial charge in [0, 0.05) is 6.20 Å². The Bertz CT molecular complexity index is 436. The van der Waals surface area contributed by atoms with Gasteiger partial charge in [-0.05, 0) is 63.1 Å². The smallest absolute Gasteiger partial charge is 0.139 e. The van der Waals surface area contributed by atoms with Gasteiger partial charge >= 0.3 is 0 Å². The molecule has 2 aromatic rings. The maximum atomic E-state index is 4.35. The van der Waals surface area contributed by atoms with Crippen molar-refractivity contribution in [2.45, 2.75) is 6.92 Å². The van der Waals surface area contributed by atoms with E-state index in [9.17, 15) is 0 Å². The molecule has 2 heterocycles. The monoisotopic (exact) mass is 336 g/mol. The van der Waals surface area contributed by atoms with Crippen molar-refractivity contribution in [2.75, 3.05) is 0 Å². The number of nitrogens with zero attached hydrogens (tertiary/aromatic N) is 2. The van der Waals surface area contributed by atoms with Crippen LogP contribution in [-0.2, 0) is 0 Å². The molecule has 62 valence electrons.